The molecule has 0 radical (unpaired) electrons. The zero-order chi connectivity index (χ0) is 10.4. The molecule has 0 aromatic rings. The van der Waals surface area contributed by atoms with Gasteiger partial charge in [0.25, 0.3) is 0 Å². The molecule has 0 amide bonds. The van der Waals surface area contributed by atoms with Crippen LogP contribution in [0.5, 0.6) is 0 Å². The lowest BCUT2D eigenvalue weighted by Gasteiger charge is -2.28. The summed E-state index contributed by atoms with van der Waals surface area (Å²) in [4.78, 5) is 0. The monoisotopic (exact) mass is 207 g/mol. The maximum atomic E-state index is 7.57. The van der Waals surface area contributed by atoms with E-state index in [0.717, 1.165) is 0 Å². The number of aliphatic hydroxyl groups is 1. The molecule has 0 aromatic heterocycles. The highest BCUT2D eigenvalue weighted by Crippen LogP contribution is 2.02. The maximum Gasteiger partial charge on any atom is 0.109 e. The molecule has 76 valence electrons. The van der Waals surface area contributed by atoms with E-state index in [4.69, 9.17) is 5.11 Å². The van der Waals surface area contributed by atoms with E-state index < -0.39 is 16.5 Å². The van der Waals surface area contributed by atoms with Gasteiger partial charge in [0.05, 0.1) is 0 Å². The van der Waals surface area contributed by atoms with Gasteiger partial charge in [-0.05, 0) is 6.92 Å². The van der Waals surface area contributed by atoms with Crippen molar-refractivity contribution in [3.05, 3.63) is 0 Å². The van der Waals surface area contributed by atoms with E-state index in [1.807, 2.05) is 0 Å². The maximum absolute atomic E-state index is 7.57. The number of aliphatic hydroxyl groups excluding tert-OH is 1. The Hall–Kier alpha value is 0.354. The van der Waals surface area contributed by atoms with Crippen LogP contribution in [0.1, 0.15) is 6.92 Å². The molecule has 0 rings (SSSR count). The van der Waals surface area contributed by atoms with Gasteiger partial charge >= 0.3 is 0 Å². The molecular formula is C8H25NOSi2. The Labute approximate surface area is 79.6 Å². The van der Waals surface area contributed by atoms with Gasteiger partial charge in [-0.25, -0.2) is 0 Å². The summed E-state index contributed by atoms with van der Waals surface area (Å²) in [7, 11) is -1.96. The van der Waals surface area contributed by atoms with E-state index in [-0.39, 0.29) is 6.61 Å². The SMILES string of the molecule is CCO.C[Si](C)(C)N[Si](C)(C)C. The van der Waals surface area contributed by atoms with Gasteiger partial charge in [0.1, 0.15) is 16.5 Å². The molecule has 0 aliphatic rings. The number of nitrogens with one attached hydrogen (secondary N) is 1. The molecule has 2 N–H and O–H groups in total. The minimum Gasteiger partial charge on any atom is -0.397 e. The summed E-state index contributed by atoms with van der Waals surface area (Å²) in [6, 6.07) is 0. The number of rotatable bonds is 2. The zero-order valence-electron chi connectivity index (χ0n) is 9.65. The first-order valence-corrected chi connectivity index (χ1v) is 11.5. The van der Waals surface area contributed by atoms with Gasteiger partial charge in [-0.3, -0.25) is 0 Å². The highest BCUT2D eigenvalue weighted by molar-refractivity contribution is 6.90. The topological polar surface area (TPSA) is 32.3 Å². The first-order valence-electron chi connectivity index (χ1n) is 4.52. The van der Waals surface area contributed by atoms with Crippen LogP contribution in [0.25, 0.3) is 0 Å². The fourth-order valence-electron chi connectivity index (χ4n) is 1.12. The molecule has 4 heteroatoms. The molecule has 0 aromatic carbocycles. The van der Waals surface area contributed by atoms with Gasteiger partial charge in [-0.15, -0.1) is 0 Å². The second-order valence-corrected chi connectivity index (χ2v) is 14.9. The van der Waals surface area contributed by atoms with E-state index in [0.29, 0.717) is 0 Å². The molecule has 0 aliphatic carbocycles. The van der Waals surface area contributed by atoms with Gasteiger partial charge in [-0.1, -0.05) is 39.3 Å². The van der Waals surface area contributed by atoms with E-state index in [2.05, 4.69) is 43.9 Å². The first-order chi connectivity index (χ1) is 5.12. The van der Waals surface area contributed by atoms with E-state index in [1.165, 1.54) is 0 Å². The van der Waals surface area contributed by atoms with Crippen LogP contribution in [0.2, 0.25) is 39.3 Å². The molecule has 2 nitrogen and oxygen atoms in total. The highest BCUT2D eigenvalue weighted by Gasteiger charge is 2.22. The van der Waals surface area contributed by atoms with E-state index >= 15 is 0 Å². The average molecular weight is 207 g/mol. The lowest BCUT2D eigenvalue weighted by Crippen LogP contribution is -2.55. The Morgan fingerprint density at radius 1 is 0.917 bits per heavy atom. The Bertz CT molecular complexity index is 92.6. The van der Waals surface area contributed by atoms with Crippen LogP contribution >= 0.6 is 0 Å². The Morgan fingerprint density at radius 3 is 1.08 bits per heavy atom. The summed E-state index contributed by atoms with van der Waals surface area (Å²) in [6.07, 6.45) is 0. The molecule has 0 saturated heterocycles. The molecule has 0 fully saturated rings. The third-order valence-corrected chi connectivity index (χ3v) is 6.75. The molecule has 0 aliphatic heterocycles. The molecular weight excluding hydrogens is 182 g/mol. The lowest BCUT2D eigenvalue weighted by molar-refractivity contribution is 0.318. The van der Waals surface area contributed by atoms with E-state index in [1.54, 1.807) is 6.92 Å². The van der Waals surface area contributed by atoms with Gasteiger partial charge < -0.3 is 9.75 Å². The zero-order valence-corrected chi connectivity index (χ0v) is 11.7. The normalized spacial score (nSPS) is 12.0. The molecule has 0 spiro atoms. The van der Waals surface area contributed by atoms with Crippen molar-refractivity contribution < 1.29 is 5.11 Å². The van der Waals surface area contributed by atoms with Crippen LogP contribution in [0, 0.1) is 0 Å². The number of hydrogen-bond acceptors (Lipinski definition) is 2. The van der Waals surface area contributed by atoms with E-state index in [9.17, 15) is 0 Å². The third-order valence-electron chi connectivity index (χ3n) is 0.750. The van der Waals surface area contributed by atoms with Crippen molar-refractivity contribution in [2.75, 3.05) is 6.61 Å². The summed E-state index contributed by atoms with van der Waals surface area (Å²) in [6.45, 7) is 16.0. The summed E-state index contributed by atoms with van der Waals surface area (Å²) >= 11 is 0. The molecule has 0 heterocycles. The first kappa shape index (κ1) is 14.9. The molecule has 0 saturated carbocycles. The average Bonchev–Trinajstić information content (AvgIpc) is 1.53. The molecule has 0 unspecified atom stereocenters. The van der Waals surface area contributed by atoms with Crippen molar-refractivity contribution >= 4 is 16.5 Å². The van der Waals surface area contributed by atoms with Crippen molar-refractivity contribution in [3.63, 3.8) is 0 Å². The highest BCUT2D eigenvalue weighted by atomic mass is 28.4. The predicted octanol–water partition coefficient (Wildman–Crippen LogP) is 2.24. The fourth-order valence-corrected chi connectivity index (χ4v) is 10.1. The Balaban J connectivity index is 0. The quantitative estimate of drug-likeness (QED) is 0.681. The second kappa shape index (κ2) is 5.91. The summed E-state index contributed by atoms with van der Waals surface area (Å²) < 4.78 is 3.74. The van der Waals surface area contributed by atoms with Crippen LogP contribution in [0.15, 0.2) is 0 Å². The minimum absolute atomic E-state index is 0.250. The van der Waals surface area contributed by atoms with Crippen LogP contribution < -0.4 is 4.65 Å². The fraction of sp³-hybridized carbons (Fsp3) is 1.00. The van der Waals surface area contributed by atoms with Crippen molar-refractivity contribution in [2.45, 2.75) is 46.2 Å². The predicted molar refractivity (Wildman–Crippen MR) is 62.6 cm³/mol. The molecule has 0 bridgehead atoms. The van der Waals surface area contributed by atoms with Crippen LogP contribution in [0.4, 0.5) is 0 Å². The van der Waals surface area contributed by atoms with Gasteiger partial charge in [0.2, 0.25) is 0 Å². The smallest absolute Gasteiger partial charge is 0.109 e. The van der Waals surface area contributed by atoms with Gasteiger partial charge in [-0.2, -0.15) is 0 Å². The summed E-state index contributed by atoms with van der Waals surface area (Å²) in [5, 5.41) is 7.57. The van der Waals surface area contributed by atoms with Gasteiger partial charge in [0.15, 0.2) is 0 Å². The lowest BCUT2D eigenvalue weighted by atomic mass is 10.9. The second-order valence-electron chi connectivity index (χ2n) is 4.94. The Kier molecular flexibility index (Phi) is 7.31. The van der Waals surface area contributed by atoms with Crippen molar-refractivity contribution in [3.8, 4) is 0 Å². The largest absolute Gasteiger partial charge is 0.397 e. The standard InChI is InChI=1S/C6H19NSi2.C2H6O/c1-8(2,3)7-9(4,5)6;1-2-3/h7H,1-6H3;3H,2H2,1H3. The Morgan fingerprint density at radius 2 is 1.08 bits per heavy atom. The minimum atomic E-state index is -0.981. The van der Waals surface area contributed by atoms with Crippen LogP contribution in [0.3, 0.4) is 0 Å². The third kappa shape index (κ3) is 22.4. The van der Waals surface area contributed by atoms with Crippen molar-refractivity contribution in [2.24, 2.45) is 0 Å². The summed E-state index contributed by atoms with van der Waals surface area (Å²) in [5.41, 5.74) is 0. The van der Waals surface area contributed by atoms with Crippen molar-refractivity contribution in [1.29, 1.82) is 0 Å². The van der Waals surface area contributed by atoms with Gasteiger partial charge in [0, 0.05) is 6.61 Å². The van der Waals surface area contributed by atoms with Crippen LogP contribution in [-0.2, 0) is 0 Å². The van der Waals surface area contributed by atoms with Crippen LogP contribution in [-0.4, -0.2) is 28.2 Å². The van der Waals surface area contributed by atoms with Crippen molar-refractivity contribution in [1.82, 2.24) is 4.65 Å². The molecule has 0 atom stereocenters. The summed E-state index contributed by atoms with van der Waals surface area (Å²) in [5.74, 6) is 0. The molecule has 12 heavy (non-hydrogen) atoms. The number of hydrogen-bond donors (Lipinski definition) is 2.